The van der Waals surface area contributed by atoms with Gasteiger partial charge in [-0.2, -0.15) is 0 Å². The molecule has 5 nitrogen and oxygen atoms in total. The van der Waals surface area contributed by atoms with E-state index >= 15 is 0 Å². The van der Waals surface area contributed by atoms with Crippen molar-refractivity contribution in [2.24, 2.45) is 0 Å². The molecule has 0 spiro atoms. The Morgan fingerprint density at radius 3 is 2.85 bits per heavy atom. The van der Waals surface area contributed by atoms with E-state index in [1.165, 1.54) is 11.3 Å². The lowest BCUT2D eigenvalue weighted by Gasteiger charge is -2.18. The van der Waals surface area contributed by atoms with E-state index in [0.717, 1.165) is 33.9 Å². The lowest BCUT2D eigenvalue weighted by Crippen LogP contribution is -2.24. The fourth-order valence-electron chi connectivity index (χ4n) is 2.96. The molecular weight excluding hydrogens is 395 g/mol. The molecule has 1 N–H and O–H groups in total. The maximum atomic E-state index is 11.7. The summed E-state index contributed by atoms with van der Waals surface area (Å²) in [6.07, 6.45) is 0.795. The number of anilines is 1. The smallest absolute Gasteiger partial charge is 0.259 e. The highest BCUT2D eigenvalue weighted by Crippen LogP contribution is 2.45. The molecule has 2 heterocycles. The number of ether oxygens (including phenoxy) is 2. The molecule has 2 aromatic rings. The molecule has 1 aromatic carbocycles. The number of carbonyl (C=O) groups is 1. The van der Waals surface area contributed by atoms with Gasteiger partial charge in [0.1, 0.15) is 5.60 Å². The van der Waals surface area contributed by atoms with Crippen LogP contribution >= 0.6 is 34.5 Å². The lowest BCUT2D eigenvalue weighted by molar-refractivity contribution is -0.114. The Hall–Kier alpha value is -1.50. The van der Waals surface area contributed by atoms with E-state index in [4.69, 9.17) is 32.7 Å². The van der Waals surface area contributed by atoms with Crippen molar-refractivity contribution in [3.63, 3.8) is 0 Å². The molecule has 0 unspecified atom stereocenters. The summed E-state index contributed by atoms with van der Waals surface area (Å²) in [4.78, 5) is 16.1. The summed E-state index contributed by atoms with van der Waals surface area (Å²) in [6.45, 7) is 8.55. The van der Waals surface area contributed by atoms with E-state index in [9.17, 15) is 4.79 Å². The minimum Gasteiger partial charge on any atom is -0.490 e. The molecule has 8 heteroatoms. The maximum absolute atomic E-state index is 11.7. The summed E-state index contributed by atoms with van der Waals surface area (Å²) in [5, 5.41) is 3.09. The minimum absolute atomic E-state index is 0.265. The zero-order valence-corrected chi connectivity index (χ0v) is 17.3. The van der Waals surface area contributed by atoms with Gasteiger partial charge in [0, 0.05) is 22.4 Å². The predicted octanol–water partition coefficient (Wildman–Crippen LogP) is 4.97. The van der Waals surface area contributed by atoms with Gasteiger partial charge in [-0.15, -0.1) is 11.3 Å². The lowest BCUT2D eigenvalue weighted by atomic mass is 9.99. The van der Waals surface area contributed by atoms with Crippen LogP contribution in [0.1, 0.15) is 31.2 Å². The first-order valence-corrected chi connectivity index (χ1v) is 9.94. The van der Waals surface area contributed by atoms with Crippen LogP contribution < -0.4 is 14.8 Å². The van der Waals surface area contributed by atoms with Gasteiger partial charge in [-0.05, 0) is 39.8 Å². The van der Waals surface area contributed by atoms with E-state index in [1.807, 2.05) is 19.9 Å². The average Bonchev–Trinajstić information content (AvgIpc) is 3.05. The summed E-state index contributed by atoms with van der Waals surface area (Å²) < 4.78 is 11.8. The molecule has 1 aliphatic heterocycles. The second-order valence-electron chi connectivity index (χ2n) is 6.65. The summed E-state index contributed by atoms with van der Waals surface area (Å²) >= 11 is 12.6. The molecular formula is C18H20Cl2N2O3S. The normalized spacial score (nSPS) is 14.9. The van der Waals surface area contributed by atoms with Crippen molar-refractivity contribution in [1.29, 1.82) is 0 Å². The number of hydrogen-bond acceptors (Lipinski definition) is 5. The fourth-order valence-corrected chi connectivity index (χ4v) is 3.90. The van der Waals surface area contributed by atoms with Crippen LogP contribution in [0.5, 0.6) is 11.5 Å². The highest BCUT2D eigenvalue weighted by molar-refractivity contribution is 7.16. The summed E-state index contributed by atoms with van der Waals surface area (Å²) in [5.41, 5.74) is 2.55. The number of rotatable bonds is 5. The third-order valence-electron chi connectivity index (χ3n) is 3.92. The topological polar surface area (TPSA) is 60.5 Å². The van der Waals surface area contributed by atoms with Crippen LogP contribution in [-0.4, -0.2) is 27.9 Å². The third-order valence-corrected chi connectivity index (χ3v) is 5.21. The van der Waals surface area contributed by atoms with Gasteiger partial charge in [-0.3, -0.25) is 10.1 Å². The number of nitrogens with zero attached hydrogens (tertiary/aromatic N) is 1. The Morgan fingerprint density at radius 2 is 2.19 bits per heavy atom. The van der Waals surface area contributed by atoms with E-state index in [-0.39, 0.29) is 5.60 Å². The molecule has 0 saturated carbocycles. The Morgan fingerprint density at radius 1 is 1.46 bits per heavy atom. The highest BCUT2D eigenvalue weighted by Gasteiger charge is 2.33. The number of benzene rings is 1. The predicted molar refractivity (Wildman–Crippen MR) is 106 cm³/mol. The SMILES string of the molecule is CCOc1cc(-c2nc(NC(=O)C(Cl)Cl)sc2C)cc2c1OC(C)(C)C2. The Labute approximate surface area is 166 Å². The first-order chi connectivity index (χ1) is 12.2. The summed E-state index contributed by atoms with van der Waals surface area (Å²) in [5.74, 6) is 1.02. The van der Waals surface area contributed by atoms with Crippen molar-refractivity contribution < 1.29 is 14.3 Å². The quantitative estimate of drug-likeness (QED) is 0.701. The molecule has 0 radical (unpaired) electrons. The van der Waals surface area contributed by atoms with Gasteiger partial charge in [-0.25, -0.2) is 4.98 Å². The Balaban J connectivity index is 1.99. The van der Waals surface area contributed by atoms with E-state index in [2.05, 4.69) is 30.2 Å². The van der Waals surface area contributed by atoms with Crippen LogP contribution in [-0.2, 0) is 11.2 Å². The number of aromatic nitrogens is 1. The molecule has 0 aliphatic carbocycles. The van der Waals surface area contributed by atoms with Crippen LogP contribution in [0.4, 0.5) is 5.13 Å². The first-order valence-electron chi connectivity index (χ1n) is 8.25. The number of hydrogen-bond donors (Lipinski definition) is 1. The summed E-state index contributed by atoms with van der Waals surface area (Å²) in [7, 11) is 0. The second-order valence-corrected chi connectivity index (χ2v) is 8.95. The number of nitrogens with one attached hydrogen (secondary N) is 1. The molecule has 1 aliphatic rings. The second kappa shape index (κ2) is 7.25. The highest BCUT2D eigenvalue weighted by atomic mass is 35.5. The van der Waals surface area contributed by atoms with Gasteiger partial charge in [0.15, 0.2) is 21.5 Å². The molecule has 26 heavy (non-hydrogen) atoms. The maximum Gasteiger partial charge on any atom is 0.259 e. The van der Waals surface area contributed by atoms with Crippen molar-refractivity contribution in [3.05, 3.63) is 22.6 Å². The zero-order valence-electron chi connectivity index (χ0n) is 15.0. The average molecular weight is 415 g/mol. The van der Waals surface area contributed by atoms with Crippen LogP contribution in [0.2, 0.25) is 0 Å². The number of halogens is 2. The van der Waals surface area contributed by atoms with Crippen molar-refractivity contribution >= 4 is 45.6 Å². The van der Waals surface area contributed by atoms with Crippen molar-refractivity contribution in [2.45, 2.75) is 44.6 Å². The van der Waals surface area contributed by atoms with Gasteiger partial charge in [-0.1, -0.05) is 23.2 Å². The molecule has 0 fully saturated rings. The van der Waals surface area contributed by atoms with Gasteiger partial charge in [0.2, 0.25) is 0 Å². The van der Waals surface area contributed by atoms with Gasteiger partial charge >= 0.3 is 0 Å². The van der Waals surface area contributed by atoms with Crippen LogP contribution in [0, 0.1) is 6.92 Å². The number of amides is 1. The molecule has 3 rings (SSSR count). The standard InChI is InChI=1S/C18H20Cl2N2O3S/c1-5-24-12-7-10(6-11-8-18(3,4)25-14(11)12)13-9(2)26-17(21-13)22-16(23)15(19)20/h6-7,15H,5,8H2,1-4H3,(H,21,22,23). The minimum atomic E-state index is -1.13. The van der Waals surface area contributed by atoms with Crippen LogP contribution in [0.3, 0.4) is 0 Å². The van der Waals surface area contributed by atoms with Crippen molar-refractivity contribution in [3.8, 4) is 22.8 Å². The largest absolute Gasteiger partial charge is 0.490 e. The van der Waals surface area contributed by atoms with Crippen LogP contribution in [0.15, 0.2) is 12.1 Å². The van der Waals surface area contributed by atoms with E-state index in [0.29, 0.717) is 17.5 Å². The molecule has 0 bridgehead atoms. The Kier molecular flexibility index (Phi) is 5.37. The third kappa shape index (κ3) is 3.92. The van der Waals surface area contributed by atoms with E-state index in [1.54, 1.807) is 0 Å². The Bertz CT molecular complexity index is 849. The van der Waals surface area contributed by atoms with Crippen molar-refractivity contribution in [2.75, 3.05) is 11.9 Å². The molecule has 1 aromatic heterocycles. The molecule has 0 saturated heterocycles. The molecule has 1 amide bonds. The first kappa shape index (κ1) is 19.3. The van der Waals surface area contributed by atoms with Gasteiger partial charge in [0.05, 0.1) is 12.3 Å². The number of thiazole rings is 1. The van der Waals surface area contributed by atoms with Crippen LogP contribution in [0.25, 0.3) is 11.3 Å². The van der Waals surface area contributed by atoms with Gasteiger partial charge < -0.3 is 9.47 Å². The monoisotopic (exact) mass is 414 g/mol. The van der Waals surface area contributed by atoms with E-state index < -0.39 is 10.7 Å². The number of carbonyl (C=O) groups excluding carboxylic acids is 1. The summed E-state index contributed by atoms with van der Waals surface area (Å²) in [6, 6.07) is 4.01. The number of aryl methyl sites for hydroxylation is 1. The fraction of sp³-hybridized carbons (Fsp3) is 0.444. The van der Waals surface area contributed by atoms with Crippen molar-refractivity contribution in [1.82, 2.24) is 4.98 Å². The number of alkyl halides is 2. The molecule has 0 atom stereocenters. The van der Waals surface area contributed by atoms with Gasteiger partial charge in [0.25, 0.3) is 5.91 Å². The zero-order chi connectivity index (χ0) is 19.1. The molecule has 140 valence electrons. The number of fused-ring (bicyclic) bond motifs is 1.